The molecule has 1 aromatic heterocycles. The fraction of sp³-hybridized carbons (Fsp3) is 0.400. The Bertz CT molecular complexity index is 290. The van der Waals surface area contributed by atoms with Gasteiger partial charge in [-0.2, -0.15) is 4.74 Å². The summed E-state index contributed by atoms with van der Waals surface area (Å²) < 4.78 is 7.04. The van der Waals surface area contributed by atoms with E-state index in [1.165, 1.54) is 4.74 Å². The van der Waals surface area contributed by atoms with Gasteiger partial charge in [0.05, 0.1) is 11.8 Å². The van der Waals surface area contributed by atoms with Crippen molar-refractivity contribution in [1.29, 1.82) is 0 Å². The molecule has 0 aliphatic carbocycles. The van der Waals surface area contributed by atoms with E-state index in [-0.39, 0.29) is 5.56 Å². The van der Waals surface area contributed by atoms with Crippen LogP contribution in [-0.2, 0) is 6.54 Å². The van der Waals surface area contributed by atoms with Gasteiger partial charge in [-0.25, -0.2) is 0 Å². The molecule has 10 heavy (non-hydrogen) atoms. The van der Waals surface area contributed by atoms with E-state index < -0.39 is 0 Å². The summed E-state index contributed by atoms with van der Waals surface area (Å²) in [6.45, 7) is 2.45. The van der Waals surface area contributed by atoms with Crippen molar-refractivity contribution in [2.75, 3.05) is 0 Å². The highest BCUT2D eigenvalue weighted by Gasteiger charge is 2.07. The van der Waals surface area contributed by atoms with E-state index in [2.05, 4.69) is 9.24 Å². The minimum Gasteiger partial charge on any atom is -0.369 e. The summed E-state index contributed by atoms with van der Waals surface area (Å²) in [7, 11) is 2.36. The molecule has 1 aromatic rings. The maximum atomic E-state index is 11.1. The summed E-state index contributed by atoms with van der Waals surface area (Å²) in [5.41, 5.74) is -0.0584. The van der Waals surface area contributed by atoms with E-state index >= 15 is 0 Å². The Morgan fingerprint density at radius 1 is 1.80 bits per heavy atom. The average molecular weight is 271 g/mol. The molecule has 0 saturated carbocycles. The molecule has 0 N–H and O–H groups in total. The van der Waals surface area contributed by atoms with Crippen molar-refractivity contribution in [3.05, 3.63) is 14.1 Å². The Kier molecular flexibility index (Phi) is 2.52. The number of aromatic nitrogens is 1. The molecular formula is C5H7INO2P. The molecule has 0 spiro atoms. The molecule has 0 amide bonds. The van der Waals surface area contributed by atoms with Crippen LogP contribution in [0.1, 0.15) is 6.92 Å². The molecule has 1 atom stereocenters. The lowest BCUT2D eigenvalue weighted by Gasteiger charge is -1.87. The van der Waals surface area contributed by atoms with Crippen LogP contribution >= 0.6 is 31.8 Å². The van der Waals surface area contributed by atoms with Gasteiger partial charge in [-0.3, -0.25) is 4.79 Å². The van der Waals surface area contributed by atoms with E-state index in [0.29, 0.717) is 15.6 Å². The Morgan fingerprint density at radius 2 is 2.40 bits per heavy atom. The molecule has 0 radical (unpaired) electrons. The maximum Gasteiger partial charge on any atom is 0.290 e. The summed E-state index contributed by atoms with van der Waals surface area (Å²) >= 11 is 1.99. The molecule has 0 aliphatic rings. The lowest BCUT2D eigenvalue weighted by molar-refractivity contribution is 0.255. The second-order valence-corrected chi connectivity index (χ2v) is 3.34. The molecule has 3 nitrogen and oxygen atoms in total. The molecule has 0 fully saturated rings. The summed E-state index contributed by atoms with van der Waals surface area (Å²) in [6.07, 6.45) is 0. The summed E-state index contributed by atoms with van der Waals surface area (Å²) in [5, 5.41) is 0.613. The fourth-order valence-electron chi connectivity index (χ4n) is 0.614. The van der Waals surface area contributed by atoms with Gasteiger partial charge >= 0.3 is 0 Å². The standard InChI is InChI=1S/C5H7INO2P/c1-2-7-5(8)3(10)4(6)9-7/h2,10H2,1H3. The quantitative estimate of drug-likeness (QED) is 0.552. The Hall–Kier alpha value is 0.170. The van der Waals surface area contributed by atoms with E-state index in [1.54, 1.807) is 0 Å². The Balaban J connectivity index is 3.31. The highest BCUT2D eigenvalue weighted by Crippen LogP contribution is 2.01. The van der Waals surface area contributed by atoms with Crippen LogP contribution in [0.4, 0.5) is 0 Å². The second-order valence-electron chi connectivity index (χ2n) is 1.78. The topological polar surface area (TPSA) is 35.1 Å². The van der Waals surface area contributed by atoms with E-state index in [4.69, 9.17) is 4.52 Å². The molecule has 1 rings (SSSR count). The highest BCUT2D eigenvalue weighted by molar-refractivity contribution is 14.1. The van der Waals surface area contributed by atoms with Crippen LogP contribution in [-0.4, -0.2) is 4.74 Å². The number of hydrogen-bond acceptors (Lipinski definition) is 2. The SMILES string of the molecule is CCn1oc(I)c(P)c1=O. The number of aryl methyl sites for hydroxylation is 1. The van der Waals surface area contributed by atoms with Gasteiger partial charge in [0, 0.05) is 22.6 Å². The van der Waals surface area contributed by atoms with Gasteiger partial charge in [-0.1, -0.05) is 9.24 Å². The minimum atomic E-state index is -0.0584. The first kappa shape index (κ1) is 8.27. The maximum absolute atomic E-state index is 11.1. The predicted molar refractivity (Wildman–Crippen MR) is 50.7 cm³/mol. The van der Waals surface area contributed by atoms with Gasteiger partial charge in [-0.15, -0.1) is 0 Å². The van der Waals surface area contributed by atoms with E-state index in [0.717, 1.165) is 0 Å². The zero-order chi connectivity index (χ0) is 7.72. The molecule has 5 heteroatoms. The van der Waals surface area contributed by atoms with E-state index in [1.807, 2.05) is 29.5 Å². The summed E-state index contributed by atoms with van der Waals surface area (Å²) in [6, 6.07) is 0. The van der Waals surface area contributed by atoms with Crippen LogP contribution in [0.5, 0.6) is 0 Å². The van der Waals surface area contributed by atoms with Gasteiger partial charge in [0.1, 0.15) is 0 Å². The lowest BCUT2D eigenvalue weighted by atomic mass is 10.7. The largest absolute Gasteiger partial charge is 0.369 e. The van der Waals surface area contributed by atoms with Crippen LogP contribution in [0.25, 0.3) is 0 Å². The number of hydrogen-bond donors (Lipinski definition) is 0. The highest BCUT2D eigenvalue weighted by atomic mass is 127. The van der Waals surface area contributed by atoms with Gasteiger partial charge in [0.2, 0.25) is 3.77 Å². The van der Waals surface area contributed by atoms with Crippen LogP contribution in [0, 0.1) is 3.77 Å². The number of halogens is 1. The molecule has 1 unspecified atom stereocenters. The third-order valence-electron chi connectivity index (χ3n) is 1.15. The summed E-state index contributed by atoms with van der Waals surface area (Å²) in [4.78, 5) is 11.1. The first-order chi connectivity index (χ1) is 4.66. The third-order valence-corrected chi connectivity index (χ3v) is 3.02. The monoisotopic (exact) mass is 271 g/mol. The van der Waals surface area contributed by atoms with Crippen molar-refractivity contribution in [2.24, 2.45) is 0 Å². The smallest absolute Gasteiger partial charge is 0.290 e. The van der Waals surface area contributed by atoms with Crippen molar-refractivity contribution < 1.29 is 4.52 Å². The Labute approximate surface area is 74.1 Å². The third kappa shape index (κ3) is 1.27. The number of nitrogens with zero attached hydrogens (tertiary/aromatic N) is 1. The van der Waals surface area contributed by atoms with Crippen LogP contribution in [0.3, 0.4) is 0 Å². The normalized spacial score (nSPS) is 10.3. The van der Waals surface area contributed by atoms with Gasteiger partial charge < -0.3 is 4.52 Å². The van der Waals surface area contributed by atoms with Gasteiger partial charge in [-0.05, 0) is 6.92 Å². The minimum absolute atomic E-state index is 0.0584. The van der Waals surface area contributed by atoms with Crippen LogP contribution in [0.2, 0.25) is 0 Å². The van der Waals surface area contributed by atoms with Crippen LogP contribution in [0.15, 0.2) is 9.32 Å². The zero-order valence-electron chi connectivity index (χ0n) is 5.43. The van der Waals surface area contributed by atoms with Crippen molar-refractivity contribution in [3.8, 4) is 0 Å². The Morgan fingerprint density at radius 3 is 2.60 bits per heavy atom. The van der Waals surface area contributed by atoms with E-state index in [9.17, 15) is 4.79 Å². The van der Waals surface area contributed by atoms with Crippen molar-refractivity contribution in [1.82, 2.24) is 4.74 Å². The average Bonchev–Trinajstić information content (AvgIpc) is 2.17. The molecule has 0 aromatic carbocycles. The van der Waals surface area contributed by atoms with Crippen molar-refractivity contribution >= 4 is 37.1 Å². The lowest BCUT2D eigenvalue weighted by Crippen LogP contribution is -2.22. The first-order valence-electron chi connectivity index (χ1n) is 2.82. The number of rotatable bonds is 1. The second kappa shape index (κ2) is 3.05. The zero-order valence-corrected chi connectivity index (χ0v) is 8.74. The van der Waals surface area contributed by atoms with Gasteiger partial charge in [0.15, 0.2) is 0 Å². The molecule has 0 saturated heterocycles. The molecule has 0 aliphatic heterocycles. The van der Waals surface area contributed by atoms with Crippen LogP contribution < -0.4 is 10.9 Å². The summed E-state index contributed by atoms with van der Waals surface area (Å²) in [5.74, 6) is 0. The van der Waals surface area contributed by atoms with Crippen molar-refractivity contribution in [2.45, 2.75) is 13.5 Å². The van der Waals surface area contributed by atoms with Crippen molar-refractivity contribution in [3.63, 3.8) is 0 Å². The fourth-order valence-corrected chi connectivity index (χ4v) is 1.28. The molecule has 1 heterocycles. The predicted octanol–water partition coefficient (Wildman–Crippen LogP) is 0.566. The van der Waals surface area contributed by atoms with Gasteiger partial charge in [0.25, 0.3) is 5.56 Å². The molecule has 0 bridgehead atoms. The molecular weight excluding hydrogens is 264 g/mol. The first-order valence-corrected chi connectivity index (χ1v) is 4.47. The molecule has 56 valence electrons.